The first-order chi connectivity index (χ1) is 12.6. The molecule has 0 saturated carbocycles. The van der Waals surface area contributed by atoms with Gasteiger partial charge in [0.15, 0.2) is 5.75 Å². The molecule has 0 radical (unpaired) electrons. The van der Waals surface area contributed by atoms with E-state index in [1.165, 1.54) is 18.2 Å². The zero-order valence-corrected chi connectivity index (χ0v) is 15.3. The minimum absolute atomic E-state index is 0.141. The first kappa shape index (κ1) is 18.5. The van der Waals surface area contributed by atoms with Crippen LogP contribution >= 0.6 is 19.6 Å². The van der Waals surface area contributed by atoms with Crippen LogP contribution in [0.25, 0.3) is 0 Å². The highest BCUT2D eigenvalue weighted by atomic mass is 35.5. The highest BCUT2D eigenvalue weighted by Gasteiger charge is 2.24. The lowest BCUT2D eigenvalue weighted by Gasteiger charge is -2.20. The SMILES string of the molecule is O=[PH](OOc1ccccc1)C(Nc1ccccc1)c1cc(Cl)ccc1F. The summed E-state index contributed by atoms with van der Waals surface area (Å²) < 4.78 is 32.2. The Bertz CT molecular complexity index is 880. The van der Waals surface area contributed by atoms with Crippen molar-refractivity contribution in [1.82, 2.24) is 0 Å². The Balaban J connectivity index is 1.84. The molecular weight excluding hydrogens is 376 g/mol. The van der Waals surface area contributed by atoms with Gasteiger partial charge in [0, 0.05) is 16.3 Å². The van der Waals surface area contributed by atoms with Gasteiger partial charge in [0.2, 0.25) is 0 Å². The van der Waals surface area contributed by atoms with Crippen LogP contribution in [0.15, 0.2) is 78.9 Å². The van der Waals surface area contributed by atoms with Crippen molar-refractivity contribution in [2.45, 2.75) is 5.78 Å². The zero-order chi connectivity index (χ0) is 18.4. The van der Waals surface area contributed by atoms with Crippen LogP contribution in [0.2, 0.25) is 5.02 Å². The van der Waals surface area contributed by atoms with E-state index in [1.54, 1.807) is 36.4 Å². The van der Waals surface area contributed by atoms with Gasteiger partial charge in [-0.15, -0.1) is 4.67 Å². The Hall–Kier alpha value is -2.33. The Kier molecular flexibility index (Phi) is 6.29. The lowest BCUT2D eigenvalue weighted by molar-refractivity contribution is -0.0928. The van der Waals surface area contributed by atoms with Crippen molar-refractivity contribution in [2.24, 2.45) is 0 Å². The topological polar surface area (TPSA) is 47.6 Å². The lowest BCUT2D eigenvalue weighted by atomic mass is 10.2. The number of halogens is 2. The van der Waals surface area contributed by atoms with Crippen LogP contribution in [0.5, 0.6) is 5.75 Å². The molecule has 3 aromatic carbocycles. The van der Waals surface area contributed by atoms with Gasteiger partial charge in [0.05, 0.1) is 0 Å². The van der Waals surface area contributed by atoms with Crippen molar-refractivity contribution in [1.29, 1.82) is 0 Å². The van der Waals surface area contributed by atoms with Crippen LogP contribution < -0.4 is 10.2 Å². The molecule has 0 spiro atoms. The molecule has 0 aliphatic heterocycles. The molecule has 3 rings (SSSR count). The molecule has 0 heterocycles. The number of hydrogen-bond acceptors (Lipinski definition) is 4. The summed E-state index contributed by atoms with van der Waals surface area (Å²) in [6.07, 6.45) is 0. The fraction of sp³-hybridized carbons (Fsp3) is 0.0526. The van der Waals surface area contributed by atoms with Gasteiger partial charge >= 0.3 is 0 Å². The van der Waals surface area contributed by atoms with Crippen LogP contribution in [0.3, 0.4) is 0 Å². The third kappa shape index (κ3) is 4.85. The summed E-state index contributed by atoms with van der Waals surface area (Å²) in [5, 5.41) is 3.36. The molecule has 2 unspecified atom stereocenters. The van der Waals surface area contributed by atoms with Crippen LogP contribution in [0.1, 0.15) is 11.3 Å². The first-order valence-corrected chi connectivity index (χ1v) is 9.60. The monoisotopic (exact) mass is 391 g/mol. The molecule has 0 aliphatic carbocycles. The number of benzene rings is 3. The second-order valence-electron chi connectivity index (χ2n) is 5.41. The molecule has 7 heteroatoms. The van der Waals surface area contributed by atoms with Crippen LogP contribution in [0.4, 0.5) is 10.1 Å². The maximum Gasteiger partial charge on any atom is 0.262 e. The summed E-state index contributed by atoms with van der Waals surface area (Å²) in [7, 11) is -2.90. The second-order valence-corrected chi connectivity index (χ2v) is 7.23. The summed E-state index contributed by atoms with van der Waals surface area (Å²) in [6, 6.07) is 21.8. The van der Waals surface area contributed by atoms with Crippen LogP contribution in [0, 0.1) is 5.82 Å². The molecular formula is C19H16ClFNO3P. The summed E-state index contributed by atoms with van der Waals surface area (Å²) in [5.74, 6) is -1.09. The van der Waals surface area contributed by atoms with E-state index in [0.29, 0.717) is 16.5 Å². The standard InChI is InChI=1S/C19H16ClFNO3P/c20-14-11-12-18(21)17(13-14)19(22-15-7-3-1-4-8-15)26(23)25-24-16-9-5-2-6-10-16/h1-13,19,22,26H. The Morgan fingerprint density at radius 1 is 0.962 bits per heavy atom. The number of anilines is 1. The van der Waals surface area contributed by atoms with Crippen molar-refractivity contribution in [3.63, 3.8) is 0 Å². The summed E-state index contributed by atoms with van der Waals surface area (Å²) in [4.78, 5) is 5.12. The molecule has 0 aliphatic rings. The van der Waals surface area contributed by atoms with Gasteiger partial charge in [0.25, 0.3) is 8.03 Å². The maximum absolute atomic E-state index is 14.3. The van der Waals surface area contributed by atoms with E-state index >= 15 is 0 Å². The van der Waals surface area contributed by atoms with E-state index in [-0.39, 0.29) is 5.56 Å². The van der Waals surface area contributed by atoms with Gasteiger partial charge in [-0.1, -0.05) is 48.0 Å². The summed E-state index contributed by atoms with van der Waals surface area (Å²) >= 11 is 5.98. The maximum atomic E-state index is 14.3. The average molecular weight is 392 g/mol. The minimum atomic E-state index is -2.90. The predicted octanol–water partition coefficient (Wildman–Crippen LogP) is 6.08. The van der Waals surface area contributed by atoms with Crippen molar-refractivity contribution < 1.29 is 18.5 Å². The van der Waals surface area contributed by atoms with E-state index in [1.807, 2.05) is 24.3 Å². The molecule has 134 valence electrons. The van der Waals surface area contributed by atoms with Gasteiger partial charge in [-0.25, -0.2) is 4.39 Å². The highest BCUT2D eigenvalue weighted by Crippen LogP contribution is 2.44. The number of hydrogen-bond donors (Lipinski definition) is 1. The molecule has 0 bridgehead atoms. The molecule has 1 N–H and O–H groups in total. The summed E-state index contributed by atoms with van der Waals surface area (Å²) in [5.41, 5.74) is 0.806. The fourth-order valence-electron chi connectivity index (χ4n) is 2.31. The lowest BCUT2D eigenvalue weighted by Crippen LogP contribution is -2.10. The van der Waals surface area contributed by atoms with Crippen LogP contribution in [-0.4, -0.2) is 0 Å². The van der Waals surface area contributed by atoms with E-state index in [4.69, 9.17) is 21.2 Å². The summed E-state index contributed by atoms with van der Waals surface area (Å²) in [6.45, 7) is 0. The molecule has 3 aromatic rings. The zero-order valence-electron chi connectivity index (χ0n) is 13.6. The normalized spacial score (nSPS) is 13.0. The molecule has 2 atom stereocenters. The third-order valence-electron chi connectivity index (χ3n) is 3.55. The smallest absolute Gasteiger partial charge is 0.262 e. The van der Waals surface area contributed by atoms with Crippen molar-refractivity contribution >= 4 is 25.3 Å². The molecule has 0 fully saturated rings. The molecule has 26 heavy (non-hydrogen) atoms. The molecule has 0 saturated heterocycles. The minimum Gasteiger partial charge on any atom is -0.370 e. The van der Waals surface area contributed by atoms with Gasteiger partial charge in [0.1, 0.15) is 11.6 Å². The van der Waals surface area contributed by atoms with E-state index in [2.05, 4.69) is 5.32 Å². The highest BCUT2D eigenvalue weighted by molar-refractivity contribution is 7.39. The van der Waals surface area contributed by atoms with Gasteiger partial charge in [-0.2, -0.15) is 0 Å². The average Bonchev–Trinajstić information content (AvgIpc) is 2.68. The number of para-hydroxylation sites is 2. The molecule has 0 aromatic heterocycles. The Labute approximate surface area is 156 Å². The Morgan fingerprint density at radius 2 is 1.62 bits per heavy atom. The van der Waals surface area contributed by atoms with Gasteiger partial charge in [-0.3, -0.25) is 4.57 Å². The quantitative estimate of drug-likeness (QED) is 0.301. The van der Waals surface area contributed by atoms with E-state index < -0.39 is 19.6 Å². The number of nitrogens with one attached hydrogen (secondary N) is 1. The second kappa shape index (κ2) is 8.86. The fourth-order valence-corrected chi connectivity index (χ4v) is 3.53. The van der Waals surface area contributed by atoms with E-state index in [9.17, 15) is 8.96 Å². The van der Waals surface area contributed by atoms with E-state index in [0.717, 1.165) is 0 Å². The van der Waals surface area contributed by atoms with Gasteiger partial charge < -0.3 is 10.2 Å². The van der Waals surface area contributed by atoms with Crippen molar-refractivity contribution in [3.05, 3.63) is 95.3 Å². The van der Waals surface area contributed by atoms with Gasteiger partial charge in [-0.05, 0) is 42.5 Å². The van der Waals surface area contributed by atoms with Crippen molar-refractivity contribution in [2.75, 3.05) is 5.32 Å². The predicted molar refractivity (Wildman–Crippen MR) is 101 cm³/mol. The van der Waals surface area contributed by atoms with Crippen LogP contribution in [-0.2, 0) is 9.24 Å². The molecule has 0 amide bonds. The largest absolute Gasteiger partial charge is 0.370 e. The number of rotatable bonds is 7. The first-order valence-electron chi connectivity index (χ1n) is 7.83. The van der Waals surface area contributed by atoms with Crippen molar-refractivity contribution in [3.8, 4) is 5.75 Å². The third-order valence-corrected chi connectivity index (χ3v) is 4.96. The molecule has 4 nitrogen and oxygen atoms in total. The Morgan fingerprint density at radius 3 is 2.31 bits per heavy atom.